The fourth-order valence-electron chi connectivity index (χ4n) is 2.16. The largest absolute Gasteiger partial charge is 0.397 e. The first kappa shape index (κ1) is 11.7. The van der Waals surface area contributed by atoms with Crippen molar-refractivity contribution in [1.29, 1.82) is 0 Å². The minimum absolute atomic E-state index is 0.394. The molecule has 2 unspecified atom stereocenters. The van der Waals surface area contributed by atoms with Crippen LogP contribution in [-0.4, -0.2) is 19.3 Å². The molecule has 3 nitrogen and oxygen atoms in total. The highest BCUT2D eigenvalue weighted by Gasteiger charge is 2.24. The summed E-state index contributed by atoms with van der Waals surface area (Å²) in [4.78, 5) is 0. The van der Waals surface area contributed by atoms with Crippen LogP contribution in [-0.2, 0) is 4.74 Å². The highest BCUT2D eigenvalue weighted by molar-refractivity contribution is 9.10. The summed E-state index contributed by atoms with van der Waals surface area (Å²) in [6.07, 6.45) is 3.72. The van der Waals surface area contributed by atoms with Crippen LogP contribution in [0.1, 0.15) is 19.3 Å². The van der Waals surface area contributed by atoms with E-state index in [1.54, 1.807) is 7.11 Å². The van der Waals surface area contributed by atoms with Gasteiger partial charge in [0.2, 0.25) is 0 Å². The lowest BCUT2D eigenvalue weighted by Crippen LogP contribution is -2.18. The summed E-state index contributed by atoms with van der Waals surface area (Å²) in [6, 6.07) is 6.36. The Bertz CT molecular complexity index is 370. The van der Waals surface area contributed by atoms with Gasteiger partial charge in [0.15, 0.2) is 0 Å². The van der Waals surface area contributed by atoms with Gasteiger partial charge < -0.3 is 15.8 Å². The summed E-state index contributed by atoms with van der Waals surface area (Å²) in [5.41, 5.74) is 7.73. The first-order chi connectivity index (χ1) is 7.69. The number of rotatable bonds is 3. The lowest BCUT2D eigenvalue weighted by molar-refractivity contribution is 0.108. The second-order valence-electron chi connectivity index (χ2n) is 4.24. The molecule has 4 heteroatoms. The zero-order chi connectivity index (χ0) is 11.5. The van der Waals surface area contributed by atoms with E-state index in [0.717, 1.165) is 35.1 Å². The topological polar surface area (TPSA) is 47.3 Å². The average molecular weight is 285 g/mol. The van der Waals surface area contributed by atoms with Crippen LogP contribution >= 0.6 is 15.9 Å². The summed E-state index contributed by atoms with van der Waals surface area (Å²) in [6.45, 7) is 0. The first-order valence-electron chi connectivity index (χ1n) is 5.53. The quantitative estimate of drug-likeness (QED) is 0.839. The monoisotopic (exact) mass is 284 g/mol. The van der Waals surface area contributed by atoms with E-state index in [9.17, 15) is 0 Å². The van der Waals surface area contributed by atoms with Gasteiger partial charge >= 0.3 is 0 Å². The summed E-state index contributed by atoms with van der Waals surface area (Å²) in [7, 11) is 1.78. The van der Waals surface area contributed by atoms with Crippen LogP contribution in [0.3, 0.4) is 0 Å². The fourth-order valence-corrected chi connectivity index (χ4v) is 2.52. The molecule has 0 heterocycles. The molecule has 2 rings (SSSR count). The van der Waals surface area contributed by atoms with E-state index in [2.05, 4.69) is 21.2 Å². The van der Waals surface area contributed by atoms with Crippen LogP contribution in [0.25, 0.3) is 0 Å². The third-order valence-electron chi connectivity index (χ3n) is 3.09. The molecule has 1 aromatic rings. The lowest BCUT2D eigenvalue weighted by Gasteiger charge is -2.16. The van der Waals surface area contributed by atoms with E-state index in [0.29, 0.717) is 12.1 Å². The van der Waals surface area contributed by atoms with Crippen molar-refractivity contribution >= 4 is 27.3 Å². The van der Waals surface area contributed by atoms with Crippen molar-refractivity contribution < 1.29 is 4.74 Å². The summed E-state index contributed by atoms with van der Waals surface area (Å²) >= 11 is 3.45. The number of nitrogens with one attached hydrogen (secondary N) is 1. The van der Waals surface area contributed by atoms with Gasteiger partial charge in [0.05, 0.1) is 17.5 Å². The Labute approximate surface area is 104 Å². The van der Waals surface area contributed by atoms with Crippen molar-refractivity contribution in [3.05, 3.63) is 22.7 Å². The van der Waals surface area contributed by atoms with Gasteiger partial charge in [-0.25, -0.2) is 0 Å². The summed E-state index contributed by atoms with van der Waals surface area (Å²) in [5.74, 6) is 0. The van der Waals surface area contributed by atoms with Gasteiger partial charge in [0.25, 0.3) is 0 Å². The minimum atomic E-state index is 0.394. The van der Waals surface area contributed by atoms with E-state index < -0.39 is 0 Å². The molecule has 88 valence electrons. The molecule has 0 aliphatic heterocycles. The van der Waals surface area contributed by atoms with Gasteiger partial charge in [-0.3, -0.25) is 0 Å². The molecule has 16 heavy (non-hydrogen) atoms. The van der Waals surface area contributed by atoms with Crippen LogP contribution in [0.5, 0.6) is 0 Å². The average Bonchev–Trinajstić information content (AvgIpc) is 2.71. The third kappa shape index (κ3) is 2.68. The molecule has 1 aromatic carbocycles. The molecule has 1 fully saturated rings. The lowest BCUT2D eigenvalue weighted by atomic mass is 10.2. The summed E-state index contributed by atoms with van der Waals surface area (Å²) < 4.78 is 6.40. The normalized spacial score (nSPS) is 24.6. The van der Waals surface area contributed by atoms with Crippen molar-refractivity contribution in [3.8, 4) is 0 Å². The number of hydrogen-bond acceptors (Lipinski definition) is 3. The molecular formula is C12H17BrN2O. The number of ether oxygens (including phenoxy) is 1. The predicted octanol–water partition coefficient (Wildman–Crippen LogP) is 3.01. The number of benzene rings is 1. The SMILES string of the molecule is COC1CCC(Nc2cc(Br)ccc2N)C1. The van der Waals surface area contributed by atoms with Crippen molar-refractivity contribution in [3.63, 3.8) is 0 Å². The smallest absolute Gasteiger partial charge is 0.0591 e. The third-order valence-corrected chi connectivity index (χ3v) is 3.59. The van der Waals surface area contributed by atoms with Crippen LogP contribution < -0.4 is 11.1 Å². The van der Waals surface area contributed by atoms with Crippen molar-refractivity contribution in [2.45, 2.75) is 31.4 Å². The Morgan fingerprint density at radius 3 is 2.94 bits per heavy atom. The predicted molar refractivity (Wildman–Crippen MR) is 70.6 cm³/mol. The molecule has 3 N–H and O–H groups in total. The van der Waals surface area contributed by atoms with E-state index in [4.69, 9.17) is 10.5 Å². The number of nitrogen functional groups attached to an aromatic ring is 1. The van der Waals surface area contributed by atoms with Crippen LogP contribution in [0, 0.1) is 0 Å². The Hall–Kier alpha value is -0.740. The number of halogens is 1. The maximum atomic E-state index is 5.92. The van der Waals surface area contributed by atoms with E-state index in [1.807, 2.05) is 18.2 Å². The Morgan fingerprint density at radius 1 is 1.44 bits per heavy atom. The molecule has 0 bridgehead atoms. The molecule has 0 aromatic heterocycles. The Balaban J connectivity index is 2.01. The van der Waals surface area contributed by atoms with Crippen molar-refractivity contribution in [2.24, 2.45) is 0 Å². The van der Waals surface area contributed by atoms with Gasteiger partial charge in [0, 0.05) is 17.6 Å². The van der Waals surface area contributed by atoms with E-state index in [-0.39, 0.29) is 0 Å². The van der Waals surface area contributed by atoms with Gasteiger partial charge in [-0.15, -0.1) is 0 Å². The molecule has 1 aliphatic rings. The molecule has 0 radical (unpaired) electrons. The minimum Gasteiger partial charge on any atom is -0.397 e. The van der Waals surface area contributed by atoms with E-state index in [1.165, 1.54) is 0 Å². The summed E-state index contributed by atoms with van der Waals surface area (Å²) in [5, 5.41) is 3.48. The molecule has 1 saturated carbocycles. The standard InChI is InChI=1S/C12H17BrN2O/c1-16-10-4-3-9(7-10)15-12-6-8(13)2-5-11(12)14/h2,5-6,9-10,15H,3-4,7,14H2,1H3. The maximum absolute atomic E-state index is 5.92. The molecule has 2 atom stereocenters. The Kier molecular flexibility index (Phi) is 3.71. The number of nitrogens with two attached hydrogens (primary N) is 1. The zero-order valence-corrected chi connectivity index (χ0v) is 11.0. The van der Waals surface area contributed by atoms with Crippen molar-refractivity contribution in [2.75, 3.05) is 18.2 Å². The molecule has 0 saturated heterocycles. The second kappa shape index (κ2) is 5.06. The van der Waals surface area contributed by atoms with Crippen LogP contribution in [0.4, 0.5) is 11.4 Å². The highest BCUT2D eigenvalue weighted by atomic mass is 79.9. The molecule has 0 spiro atoms. The molecule has 0 amide bonds. The first-order valence-corrected chi connectivity index (χ1v) is 6.32. The second-order valence-corrected chi connectivity index (χ2v) is 5.16. The van der Waals surface area contributed by atoms with Gasteiger partial charge in [-0.05, 0) is 37.5 Å². The maximum Gasteiger partial charge on any atom is 0.0591 e. The number of anilines is 2. The van der Waals surface area contributed by atoms with E-state index >= 15 is 0 Å². The number of hydrogen-bond donors (Lipinski definition) is 2. The van der Waals surface area contributed by atoms with Crippen molar-refractivity contribution in [1.82, 2.24) is 0 Å². The van der Waals surface area contributed by atoms with Crippen LogP contribution in [0.2, 0.25) is 0 Å². The van der Waals surface area contributed by atoms with Crippen LogP contribution in [0.15, 0.2) is 22.7 Å². The van der Waals surface area contributed by atoms with Gasteiger partial charge in [0.1, 0.15) is 0 Å². The number of methoxy groups -OCH3 is 1. The molecular weight excluding hydrogens is 268 g/mol. The molecule has 1 aliphatic carbocycles. The van der Waals surface area contributed by atoms with Gasteiger partial charge in [-0.2, -0.15) is 0 Å². The fraction of sp³-hybridized carbons (Fsp3) is 0.500. The highest BCUT2D eigenvalue weighted by Crippen LogP contribution is 2.29. The zero-order valence-electron chi connectivity index (χ0n) is 9.37. The Morgan fingerprint density at radius 2 is 2.25 bits per heavy atom. The van der Waals surface area contributed by atoms with Gasteiger partial charge in [-0.1, -0.05) is 15.9 Å².